The zero-order valence-corrected chi connectivity index (χ0v) is 22.6. The number of rotatable bonds is 12. The molecular weight excluding hydrogens is 536 g/mol. The fourth-order valence-electron chi connectivity index (χ4n) is 4.14. The Kier molecular flexibility index (Phi) is 9.98. The lowest BCUT2D eigenvalue weighted by atomic mass is 10.0. The van der Waals surface area contributed by atoms with Gasteiger partial charge in [-0.25, -0.2) is 4.79 Å². The molecule has 2 amide bonds. The lowest BCUT2D eigenvalue weighted by Gasteiger charge is -2.22. The molecule has 0 saturated heterocycles. The molecule has 4 rings (SSSR count). The van der Waals surface area contributed by atoms with Crippen molar-refractivity contribution < 1.29 is 29.7 Å². The van der Waals surface area contributed by atoms with Crippen molar-refractivity contribution in [3.63, 3.8) is 0 Å². The Morgan fingerprint density at radius 2 is 1.07 bits per heavy atom. The predicted octanol–water partition coefficient (Wildman–Crippen LogP) is 4.60. The van der Waals surface area contributed by atoms with E-state index in [1.54, 1.807) is 48.5 Å². The van der Waals surface area contributed by atoms with Crippen molar-refractivity contribution in [2.75, 3.05) is 0 Å². The number of aromatic hydroxyl groups is 2. The molecule has 0 aliphatic rings. The largest absolute Gasteiger partial charge is 0.508 e. The maximum Gasteiger partial charge on any atom is 0.326 e. The van der Waals surface area contributed by atoms with Gasteiger partial charge in [0.05, 0.1) is 17.8 Å². The predicted molar refractivity (Wildman–Crippen MR) is 156 cm³/mol. The summed E-state index contributed by atoms with van der Waals surface area (Å²) in [5, 5.41) is 42.5. The highest BCUT2D eigenvalue weighted by Crippen LogP contribution is 2.19. The van der Waals surface area contributed by atoms with E-state index in [2.05, 4.69) is 20.9 Å². The summed E-state index contributed by atoms with van der Waals surface area (Å²) < 4.78 is 0. The molecule has 10 nitrogen and oxygen atoms in total. The number of nitrogens with zero attached hydrogens (tertiary/aromatic N) is 2. The SMILES string of the molecule is O=C(Cc1ccc(N=Nc2ccccc2)cc1)N[C@@H](Cc1ccc(O)cc1)C(=O)N[C@@H](Cc1ccc(O)cc1)C(=O)O. The Morgan fingerprint density at radius 1 is 0.595 bits per heavy atom. The highest BCUT2D eigenvalue weighted by Gasteiger charge is 2.27. The van der Waals surface area contributed by atoms with E-state index in [0.717, 1.165) is 0 Å². The van der Waals surface area contributed by atoms with Crippen LogP contribution in [0.3, 0.4) is 0 Å². The number of carbonyl (C=O) groups excluding carboxylic acids is 2. The fourth-order valence-corrected chi connectivity index (χ4v) is 4.14. The van der Waals surface area contributed by atoms with E-state index in [1.807, 2.05) is 30.3 Å². The molecule has 42 heavy (non-hydrogen) atoms. The lowest BCUT2D eigenvalue weighted by molar-refractivity contribution is -0.142. The van der Waals surface area contributed by atoms with Gasteiger partial charge in [-0.1, -0.05) is 54.6 Å². The molecule has 4 aromatic rings. The van der Waals surface area contributed by atoms with Crippen LogP contribution in [-0.2, 0) is 33.6 Å². The van der Waals surface area contributed by atoms with Gasteiger partial charge in [-0.3, -0.25) is 9.59 Å². The molecule has 0 unspecified atom stereocenters. The van der Waals surface area contributed by atoms with Crippen LogP contribution in [0.4, 0.5) is 11.4 Å². The molecular formula is C32H30N4O6. The van der Waals surface area contributed by atoms with Gasteiger partial charge in [0, 0.05) is 12.8 Å². The number of phenols is 2. The Morgan fingerprint density at radius 3 is 1.60 bits per heavy atom. The molecule has 0 spiro atoms. The zero-order valence-electron chi connectivity index (χ0n) is 22.6. The van der Waals surface area contributed by atoms with Gasteiger partial charge in [0.1, 0.15) is 23.6 Å². The van der Waals surface area contributed by atoms with Crippen LogP contribution >= 0.6 is 0 Å². The summed E-state index contributed by atoms with van der Waals surface area (Å²) in [5.41, 5.74) is 3.27. The van der Waals surface area contributed by atoms with Gasteiger partial charge in [-0.2, -0.15) is 10.2 Å². The van der Waals surface area contributed by atoms with Crippen LogP contribution < -0.4 is 10.6 Å². The minimum absolute atomic E-state index is 0.0187. The van der Waals surface area contributed by atoms with Crippen molar-refractivity contribution in [2.24, 2.45) is 10.2 Å². The molecule has 0 radical (unpaired) electrons. The van der Waals surface area contributed by atoms with E-state index < -0.39 is 29.9 Å². The second-order valence-electron chi connectivity index (χ2n) is 9.64. The summed E-state index contributed by atoms with van der Waals surface area (Å²) >= 11 is 0. The Labute approximate surface area is 242 Å². The number of phenolic OH excluding ortho intramolecular Hbond substituents is 2. The van der Waals surface area contributed by atoms with Gasteiger partial charge < -0.3 is 26.0 Å². The van der Waals surface area contributed by atoms with Gasteiger partial charge in [-0.05, 0) is 65.2 Å². The molecule has 0 saturated carbocycles. The van der Waals surface area contributed by atoms with Crippen molar-refractivity contribution >= 4 is 29.2 Å². The van der Waals surface area contributed by atoms with Crippen LogP contribution in [0.25, 0.3) is 0 Å². The smallest absolute Gasteiger partial charge is 0.326 e. The number of amides is 2. The van der Waals surface area contributed by atoms with Crippen molar-refractivity contribution in [3.05, 3.63) is 120 Å². The average molecular weight is 567 g/mol. The Hall–Kier alpha value is -5.51. The lowest BCUT2D eigenvalue weighted by Crippen LogP contribution is -2.53. The molecule has 0 aromatic heterocycles. The molecule has 5 N–H and O–H groups in total. The average Bonchev–Trinajstić information content (AvgIpc) is 2.98. The number of carbonyl (C=O) groups is 3. The molecule has 214 valence electrons. The van der Waals surface area contributed by atoms with E-state index in [9.17, 15) is 29.7 Å². The minimum Gasteiger partial charge on any atom is -0.508 e. The summed E-state index contributed by atoms with van der Waals surface area (Å²) in [6, 6.07) is 26.1. The van der Waals surface area contributed by atoms with E-state index in [0.29, 0.717) is 28.1 Å². The number of carboxylic acid groups (broad SMARTS) is 1. The number of azo groups is 1. The van der Waals surface area contributed by atoms with Crippen molar-refractivity contribution in [1.82, 2.24) is 10.6 Å². The second kappa shape index (κ2) is 14.2. The van der Waals surface area contributed by atoms with E-state index in [-0.39, 0.29) is 30.8 Å². The fraction of sp³-hybridized carbons (Fsp3) is 0.156. The molecule has 0 aliphatic heterocycles. The van der Waals surface area contributed by atoms with E-state index in [1.165, 1.54) is 24.3 Å². The number of hydrogen-bond donors (Lipinski definition) is 5. The molecule has 0 aliphatic carbocycles. The van der Waals surface area contributed by atoms with Crippen molar-refractivity contribution in [3.8, 4) is 11.5 Å². The number of benzene rings is 4. The minimum atomic E-state index is -1.26. The maximum atomic E-state index is 13.3. The van der Waals surface area contributed by atoms with E-state index >= 15 is 0 Å². The van der Waals surface area contributed by atoms with Gasteiger partial charge in [-0.15, -0.1) is 0 Å². The first-order chi connectivity index (χ1) is 20.2. The molecule has 0 fully saturated rings. The van der Waals surface area contributed by atoms with Crippen LogP contribution in [0, 0.1) is 0 Å². The molecule has 0 bridgehead atoms. The van der Waals surface area contributed by atoms with Crippen molar-refractivity contribution in [2.45, 2.75) is 31.3 Å². The zero-order chi connectivity index (χ0) is 29.9. The monoisotopic (exact) mass is 566 g/mol. The normalized spacial score (nSPS) is 12.4. The molecule has 10 heteroatoms. The van der Waals surface area contributed by atoms with Crippen LogP contribution in [0.15, 0.2) is 113 Å². The highest BCUT2D eigenvalue weighted by molar-refractivity contribution is 5.91. The van der Waals surface area contributed by atoms with E-state index in [4.69, 9.17) is 0 Å². The third kappa shape index (κ3) is 9.02. The molecule has 2 atom stereocenters. The molecule has 4 aromatic carbocycles. The van der Waals surface area contributed by atoms with Gasteiger partial charge in [0.25, 0.3) is 0 Å². The van der Waals surface area contributed by atoms with Crippen LogP contribution in [-0.4, -0.2) is 45.2 Å². The number of carboxylic acids is 1. The first-order valence-electron chi connectivity index (χ1n) is 13.2. The number of nitrogens with one attached hydrogen (secondary N) is 2. The van der Waals surface area contributed by atoms with Gasteiger partial charge >= 0.3 is 5.97 Å². The Balaban J connectivity index is 1.43. The van der Waals surface area contributed by atoms with Gasteiger partial charge in [0.2, 0.25) is 11.8 Å². The topological polar surface area (TPSA) is 161 Å². The number of hydrogen-bond acceptors (Lipinski definition) is 7. The standard InChI is InChI=1S/C32H30N4O6/c37-26-14-8-21(9-15-26)18-28(31(40)34-29(32(41)42)19-22-10-16-27(38)17-11-22)33-30(39)20-23-6-12-25(13-7-23)36-35-24-4-2-1-3-5-24/h1-17,28-29,37-38H,18-20H2,(H,33,39)(H,34,40)(H,41,42)/t28-,29-/m0/s1. The third-order valence-electron chi connectivity index (χ3n) is 6.36. The summed E-state index contributed by atoms with van der Waals surface area (Å²) in [7, 11) is 0. The van der Waals surface area contributed by atoms with Crippen LogP contribution in [0.1, 0.15) is 16.7 Å². The maximum absolute atomic E-state index is 13.3. The quantitative estimate of drug-likeness (QED) is 0.158. The summed E-state index contributed by atoms with van der Waals surface area (Å²) in [5.74, 6) is -2.25. The number of aliphatic carboxylic acids is 1. The van der Waals surface area contributed by atoms with Crippen molar-refractivity contribution in [1.29, 1.82) is 0 Å². The van der Waals surface area contributed by atoms with Gasteiger partial charge in [0.15, 0.2) is 0 Å². The summed E-state index contributed by atoms with van der Waals surface area (Å²) in [6.07, 6.45) is 0.0305. The first-order valence-corrected chi connectivity index (χ1v) is 13.2. The summed E-state index contributed by atoms with van der Waals surface area (Å²) in [6.45, 7) is 0. The third-order valence-corrected chi connectivity index (χ3v) is 6.36. The second-order valence-corrected chi connectivity index (χ2v) is 9.64. The van der Waals surface area contributed by atoms with Crippen LogP contribution in [0.2, 0.25) is 0 Å². The van der Waals surface area contributed by atoms with Crippen LogP contribution in [0.5, 0.6) is 11.5 Å². The molecule has 0 heterocycles. The Bertz CT molecular complexity index is 1520. The highest BCUT2D eigenvalue weighted by atomic mass is 16.4. The summed E-state index contributed by atoms with van der Waals surface area (Å²) in [4.78, 5) is 38.2. The first kappa shape index (κ1) is 29.5.